The minimum Gasteiger partial charge on any atom is -0.393 e. The van der Waals surface area contributed by atoms with Crippen LogP contribution in [0.2, 0.25) is 0 Å². The molecule has 0 radical (unpaired) electrons. The summed E-state index contributed by atoms with van der Waals surface area (Å²) in [5, 5.41) is 15.5. The zero-order valence-electron chi connectivity index (χ0n) is 37.6. The number of aliphatic hydroxyl groups is 1. The summed E-state index contributed by atoms with van der Waals surface area (Å²) < 4.78 is 20.3. The highest BCUT2D eigenvalue weighted by atomic mass is 16.5. The maximum Gasteiger partial charge on any atom is 0.0974 e. The molecule has 334 valence electrons. The lowest BCUT2D eigenvalue weighted by molar-refractivity contribution is -0.147. The summed E-state index contributed by atoms with van der Waals surface area (Å²) >= 11 is 0. The van der Waals surface area contributed by atoms with Crippen LogP contribution in [0.1, 0.15) is 147 Å². The number of hydrogen-bond acceptors (Lipinski definition) is 6. The first-order valence-electron chi connectivity index (χ1n) is 24.7. The van der Waals surface area contributed by atoms with Gasteiger partial charge in [0.05, 0.1) is 34.6 Å². The van der Waals surface area contributed by atoms with Crippen LogP contribution in [0.15, 0.2) is 120 Å². The Kier molecular flexibility index (Phi) is 9.42. The third kappa shape index (κ3) is 5.70. The molecule has 2 aromatic carbocycles. The molecule has 6 fully saturated rings. The van der Waals surface area contributed by atoms with Crippen molar-refractivity contribution >= 4 is 21.5 Å². The number of hydrogen-bond donors (Lipinski definition) is 1. The van der Waals surface area contributed by atoms with Crippen LogP contribution >= 0.6 is 0 Å². The smallest absolute Gasteiger partial charge is 0.0974 e. The molecule has 64 heavy (non-hydrogen) atoms. The van der Waals surface area contributed by atoms with Gasteiger partial charge in [-0.2, -0.15) is 0 Å². The topological polar surface area (TPSA) is 73.7 Å². The van der Waals surface area contributed by atoms with E-state index in [-0.39, 0.29) is 46.8 Å². The Balaban J connectivity index is 0.000000133. The minimum atomic E-state index is -0.213. The molecule has 6 heterocycles. The number of aromatic nitrogens is 2. The molecule has 14 rings (SSSR count). The monoisotopic (exact) mass is 857 g/mol. The van der Waals surface area contributed by atoms with Crippen molar-refractivity contribution in [3.8, 4) is 0 Å². The molecule has 10 aliphatic rings. The van der Waals surface area contributed by atoms with Crippen LogP contribution in [0.4, 0.5) is 0 Å². The molecule has 4 saturated carbocycles. The van der Waals surface area contributed by atoms with Crippen LogP contribution in [0, 0.1) is 22.7 Å². The number of ether oxygens (including phenoxy) is 3. The number of pyridine rings is 2. The van der Waals surface area contributed by atoms with Crippen LogP contribution in [0.3, 0.4) is 0 Å². The molecule has 0 amide bonds. The van der Waals surface area contributed by atoms with E-state index in [2.05, 4.69) is 96.7 Å². The van der Waals surface area contributed by atoms with E-state index >= 15 is 0 Å². The van der Waals surface area contributed by atoms with E-state index in [1.807, 2.05) is 31.9 Å². The largest absolute Gasteiger partial charge is 0.393 e. The molecule has 12 atom stereocenters. The third-order valence-electron chi connectivity index (χ3n) is 19.8. The summed E-state index contributed by atoms with van der Waals surface area (Å²) in [6, 6.07) is 18.3. The van der Waals surface area contributed by atoms with Crippen molar-refractivity contribution < 1.29 is 19.3 Å². The second-order valence-corrected chi connectivity index (χ2v) is 22.4. The van der Waals surface area contributed by atoms with Gasteiger partial charge in [0, 0.05) is 55.5 Å². The number of fused-ring (bicyclic) bond motifs is 4. The summed E-state index contributed by atoms with van der Waals surface area (Å²) in [4.78, 5) is 8.72. The summed E-state index contributed by atoms with van der Waals surface area (Å²) in [6.45, 7) is 5.07. The maximum atomic E-state index is 10.4. The van der Waals surface area contributed by atoms with Gasteiger partial charge in [0.15, 0.2) is 0 Å². The number of nitrogens with zero attached hydrogens (tertiary/aromatic N) is 2. The average molecular weight is 857 g/mol. The van der Waals surface area contributed by atoms with E-state index in [1.54, 1.807) is 5.57 Å². The zero-order valence-corrected chi connectivity index (χ0v) is 37.6. The van der Waals surface area contributed by atoms with Crippen molar-refractivity contribution in [2.45, 2.75) is 170 Å². The molecule has 4 spiro atoms. The van der Waals surface area contributed by atoms with Crippen LogP contribution in [-0.2, 0) is 14.2 Å². The predicted octanol–water partition coefficient (Wildman–Crippen LogP) is 13.0. The van der Waals surface area contributed by atoms with Crippen molar-refractivity contribution in [2.75, 3.05) is 7.11 Å². The molecule has 2 unspecified atom stereocenters. The average Bonchev–Trinajstić information content (AvgIpc) is 4.03. The highest BCUT2D eigenvalue weighted by Crippen LogP contribution is 2.71. The third-order valence-corrected chi connectivity index (χ3v) is 19.8. The molecule has 4 bridgehead atoms. The van der Waals surface area contributed by atoms with Crippen LogP contribution in [0.5, 0.6) is 0 Å². The van der Waals surface area contributed by atoms with E-state index in [0.717, 1.165) is 70.6 Å². The van der Waals surface area contributed by atoms with Gasteiger partial charge >= 0.3 is 0 Å². The molecule has 6 nitrogen and oxygen atoms in total. The van der Waals surface area contributed by atoms with Gasteiger partial charge in [-0.1, -0.05) is 69.8 Å². The number of aliphatic hydroxyl groups excluding tert-OH is 1. The first-order valence-corrected chi connectivity index (χ1v) is 24.7. The highest BCUT2D eigenvalue weighted by molar-refractivity contribution is 5.83. The van der Waals surface area contributed by atoms with Gasteiger partial charge in [-0.3, -0.25) is 9.97 Å². The second-order valence-electron chi connectivity index (χ2n) is 22.4. The summed E-state index contributed by atoms with van der Waals surface area (Å²) in [5.41, 5.74) is 8.88. The van der Waals surface area contributed by atoms with Crippen LogP contribution < -0.4 is 0 Å². The number of allylic oxidation sites excluding steroid dienone is 2. The van der Waals surface area contributed by atoms with Gasteiger partial charge < -0.3 is 19.3 Å². The molecule has 4 aliphatic heterocycles. The predicted molar refractivity (Wildman–Crippen MR) is 255 cm³/mol. The van der Waals surface area contributed by atoms with Crippen molar-refractivity contribution in [3.63, 3.8) is 0 Å². The van der Waals surface area contributed by atoms with Gasteiger partial charge in [-0.25, -0.2) is 0 Å². The van der Waals surface area contributed by atoms with Gasteiger partial charge in [0.2, 0.25) is 0 Å². The fourth-order valence-corrected chi connectivity index (χ4v) is 16.7. The summed E-state index contributed by atoms with van der Waals surface area (Å²) in [7, 11) is 1.87. The fraction of sp³-hybridized carbons (Fsp3) is 0.552. The quantitative estimate of drug-likeness (QED) is 0.221. The van der Waals surface area contributed by atoms with Crippen LogP contribution in [0.25, 0.3) is 21.5 Å². The molecule has 1 N–H and O–H groups in total. The Morgan fingerprint density at radius 3 is 1.66 bits per heavy atom. The molecular weight excluding hydrogens is 789 g/mol. The second kappa shape index (κ2) is 14.5. The van der Waals surface area contributed by atoms with Crippen molar-refractivity contribution in [1.82, 2.24) is 9.97 Å². The Bertz CT molecular complexity index is 2680. The lowest BCUT2D eigenvalue weighted by Gasteiger charge is -2.54. The maximum absolute atomic E-state index is 10.4. The van der Waals surface area contributed by atoms with Crippen molar-refractivity contribution in [3.05, 3.63) is 131 Å². The summed E-state index contributed by atoms with van der Waals surface area (Å²) in [6.07, 6.45) is 35.8. The van der Waals surface area contributed by atoms with E-state index in [9.17, 15) is 5.11 Å². The molecule has 4 aromatic rings. The Morgan fingerprint density at radius 2 is 1.12 bits per heavy atom. The number of benzene rings is 2. The highest BCUT2D eigenvalue weighted by Gasteiger charge is 2.68. The standard InChI is InChI=1S/C29H33NO2.C28H31NO2.CH4/c1-27-11-9-23-16-22-5-6-24(31-2)17-28(22)12-13-29(23,32-28)26(27)8-7-25(27)20-4-3-19-10-14-30-18-21(19)15-20;1-26-10-8-22-15-21-4-5-23(30)16-27(21)11-12-28(22,31-27)25(26)7-6-24(26)19-3-2-18-9-13-29-17-20(18)14-19;/h3-4,9-10,14-16,18,24-26H,5-8,11-13,17H2,1-2H3;2-3,8-9,13-15,17,23-25,30H,4-7,10-12,16H2,1H3;1H4/t24-,25-,26-,27-,28-,29?;23-,24-,25-,26-,27-,28?;/m11./s1. The summed E-state index contributed by atoms with van der Waals surface area (Å²) in [5.74, 6) is 2.26. The zero-order chi connectivity index (χ0) is 42.4. The number of rotatable bonds is 3. The van der Waals surface area contributed by atoms with Gasteiger partial charge in [-0.15, -0.1) is 0 Å². The first kappa shape index (κ1) is 41.5. The van der Waals surface area contributed by atoms with Crippen molar-refractivity contribution in [1.29, 1.82) is 0 Å². The lowest BCUT2D eigenvalue weighted by atomic mass is 9.58. The van der Waals surface area contributed by atoms with E-state index in [0.29, 0.717) is 29.8 Å². The van der Waals surface area contributed by atoms with Gasteiger partial charge in [0.1, 0.15) is 0 Å². The minimum absolute atomic E-state index is 0. The molecule has 6 heteroatoms. The Hall–Kier alpha value is -3.94. The molecule has 6 aliphatic carbocycles. The molecule has 2 aromatic heterocycles. The van der Waals surface area contributed by atoms with E-state index < -0.39 is 0 Å². The van der Waals surface area contributed by atoms with Crippen molar-refractivity contribution in [2.24, 2.45) is 22.7 Å². The van der Waals surface area contributed by atoms with Crippen LogP contribution in [-0.4, -0.2) is 56.8 Å². The fourth-order valence-electron chi connectivity index (χ4n) is 16.7. The van der Waals surface area contributed by atoms with E-state index in [1.165, 1.54) is 81.5 Å². The SMILES string of the molecule is C.CO[C@@H]1CCC2=CC3=CC[C@]4(C)[C@@H](c5ccc6ccncc6c5)CC[C@H]4C34CC[C@]2(C1)O4.C[C@]12CC=C3C=C4CC[C@@H](O)C[C@]45CCC3(O5)[C@@H]1CC[C@@H]2c1ccc2ccncc2c1. The normalized spacial score (nSPS) is 41.9. The lowest BCUT2D eigenvalue weighted by Crippen LogP contribution is -2.54. The van der Waals surface area contributed by atoms with Gasteiger partial charge in [0.25, 0.3) is 0 Å². The first-order chi connectivity index (χ1) is 30.6. The molecular formula is C58H68N2O4. The Labute approximate surface area is 380 Å². The van der Waals surface area contributed by atoms with E-state index in [4.69, 9.17) is 14.2 Å². The number of methoxy groups -OCH3 is 1. The van der Waals surface area contributed by atoms with Gasteiger partial charge in [-0.05, 0) is 193 Å². The Morgan fingerprint density at radius 1 is 0.609 bits per heavy atom. The molecule has 2 saturated heterocycles.